The second-order valence-corrected chi connectivity index (χ2v) is 12.7. The third-order valence-electron chi connectivity index (χ3n) is 10.4. The van der Waals surface area contributed by atoms with Crippen molar-refractivity contribution < 1.29 is 0 Å². The largest absolute Gasteiger partial charge is 0.0616 e. The van der Waals surface area contributed by atoms with Crippen molar-refractivity contribution in [2.24, 2.45) is 0 Å². The molecule has 9 aromatic rings. The maximum absolute atomic E-state index is 2.49. The minimum absolute atomic E-state index is 0.293. The molecule has 0 bridgehead atoms. The fourth-order valence-electron chi connectivity index (χ4n) is 8.18. The minimum atomic E-state index is -0.293. The first-order chi connectivity index (χ1) is 21.7. The van der Waals surface area contributed by atoms with E-state index in [0.29, 0.717) is 0 Å². The molecule has 0 radical (unpaired) electrons. The predicted octanol–water partition coefficient (Wildman–Crippen LogP) is 11.9. The second kappa shape index (κ2) is 8.56. The molecule has 0 nitrogen and oxygen atoms in total. The van der Waals surface area contributed by atoms with Gasteiger partial charge in [-0.25, -0.2) is 0 Å². The molecule has 1 unspecified atom stereocenters. The zero-order valence-corrected chi connectivity index (χ0v) is 24.4. The molecule has 0 saturated heterocycles. The first-order valence-corrected chi connectivity index (χ1v) is 15.5. The standard InChI is InChI=1S/C44H28/c1-44(35-19-15-27-7-2-3-8-31(27)23-35)40-26-34(18-21-37(40)39-24-32-9-4-5-10-33(32)25-41(39)44)36-20-16-30-14-13-28-11-6-12-29-17-22-38(36)43(30)42(28)29/h2-26H,1H3. The molecule has 0 heteroatoms. The van der Waals surface area contributed by atoms with Gasteiger partial charge in [0.25, 0.3) is 0 Å². The number of fused-ring (bicyclic) bond motifs is 5. The van der Waals surface area contributed by atoms with E-state index in [1.807, 2.05) is 0 Å². The van der Waals surface area contributed by atoms with Crippen LogP contribution in [0.3, 0.4) is 0 Å². The fraction of sp³-hybridized carbons (Fsp3) is 0.0455. The van der Waals surface area contributed by atoms with Gasteiger partial charge in [-0.15, -0.1) is 0 Å². The number of hydrogen-bond acceptors (Lipinski definition) is 0. The van der Waals surface area contributed by atoms with E-state index in [2.05, 4.69) is 159 Å². The molecular formula is C44H28. The highest BCUT2D eigenvalue weighted by Crippen LogP contribution is 2.55. The SMILES string of the molecule is CC1(c2ccc3ccccc3c2)c2cc(-c3ccc4ccc5cccc6ccc3c4c56)ccc2-c2cc3ccccc3cc21. The Hall–Kier alpha value is -5.46. The molecule has 1 aliphatic carbocycles. The van der Waals surface area contributed by atoms with Gasteiger partial charge in [-0.2, -0.15) is 0 Å². The van der Waals surface area contributed by atoms with Gasteiger partial charge in [0.2, 0.25) is 0 Å². The Balaban J connectivity index is 1.26. The number of benzene rings is 9. The van der Waals surface area contributed by atoms with Crippen LogP contribution in [-0.2, 0) is 5.41 Å². The third-order valence-corrected chi connectivity index (χ3v) is 10.4. The topological polar surface area (TPSA) is 0 Å². The van der Waals surface area contributed by atoms with Crippen LogP contribution in [0.4, 0.5) is 0 Å². The molecule has 1 atom stereocenters. The van der Waals surface area contributed by atoms with E-state index in [0.717, 1.165) is 0 Å². The average molecular weight is 557 g/mol. The summed E-state index contributed by atoms with van der Waals surface area (Å²) >= 11 is 0. The van der Waals surface area contributed by atoms with Gasteiger partial charge in [-0.1, -0.05) is 127 Å². The van der Waals surface area contributed by atoms with E-state index in [1.54, 1.807) is 0 Å². The molecular weight excluding hydrogens is 528 g/mol. The lowest BCUT2D eigenvalue weighted by Crippen LogP contribution is -2.22. The van der Waals surface area contributed by atoms with Crippen molar-refractivity contribution in [1.29, 1.82) is 0 Å². The van der Waals surface area contributed by atoms with Gasteiger partial charge >= 0.3 is 0 Å². The van der Waals surface area contributed by atoms with E-state index in [9.17, 15) is 0 Å². The maximum Gasteiger partial charge on any atom is 0.0436 e. The molecule has 0 saturated carbocycles. The van der Waals surface area contributed by atoms with Gasteiger partial charge < -0.3 is 0 Å². The molecule has 0 aromatic heterocycles. The molecule has 1 aliphatic rings. The highest BCUT2D eigenvalue weighted by atomic mass is 14.4. The Bertz CT molecular complexity index is 2600. The van der Waals surface area contributed by atoms with Crippen LogP contribution in [0.2, 0.25) is 0 Å². The molecule has 0 amide bonds. The summed E-state index contributed by atoms with van der Waals surface area (Å²) in [7, 11) is 0. The molecule has 0 spiro atoms. The van der Waals surface area contributed by atoms with Crippen LogP contribution in [0.25, 0.3) is 76.1 Å². The normalized spacial score (nSPS) is 15.9. The van der Waals surface area contributed by atoms with Gasteiger partial charge in [-0.3, -0.25) is 0 Å². The fourth-order valence-corrected chi connectivity index (χ4v) is 8.18. The Morgan fingerprint density at radius 1 is 0.364 bits per heavy atom. The monoisotopic (exact) mass is 556 g/mol. The molecule has 204 valence electrons. The van der Waals surface area contributed by atoms with E-state index >= 15 is 0 Å². The van der Waals surface area contributed by atoms with Crippen molar-refractivity contribution in [3.8, 4) is 22.3 Å². The van der Waals surface area contributed by atoms with Gasteiger partial charge in [0, 0.05) is 5.41 Å². The van der Waals surface area contributed by atoms with E-state index in [-0.39, 0.29) is 5.41 Å². The average Bonchev–Trinajstić information content (AvgIpc) is 3.33. The lowest BCUT2D eigenvalue weighted by atomic mass is 9.73. The first kappa shape index (κ1) is 24.0. The van der Waals surface area contributed by atoms with Crippen LogP contribution in [0.5, 0.6) is 0 Å². The van der Waals surface area contributed by atoms with Crippen molar-refractivity contribution >= 4 is 53.9 Å². The molecule has 44 heavy (non-hydrogen) atoms. The summed E-state index contributed by atoms with van der Waals surface area (Å²) in [5.74, 6) is 0. The van der Waals surface area contributed by atoms with Gasteiger partial charge in [0.1, 0.15) is 0 Å². The summed E-state index contributed by atoms with van der Waals surface area (Å²) in [5.41, 5.74) is 9.04. The molecule has 10 rings (SSSR count). The summed E-state index contributed by atoms with van der Waals surface area (Å²) in [6, 6.07) is 57.0. The molecule has 9 aromatic carbocycles. The first-order valence-electron chi connectivity index (χ1n) is 15.5. The lowest BCUT2D eigenvalue weighted by molar-refractivity contribution is 0.716. The minimum Gasteiger partial charge on any atom is -0.0616 e. The van der Waals surface area contributed by atoms with Crippen LogP contribution >= 0.6 is 0 Å². The van der Waals surface area contributed by atoms with Crippen LogP contribution in [0, 0.1) is 0 Å². The maximum atomic E-state index is 2.49. The van der Waals surface area contributed by atoms with Crippen molar-refractivity contribution in [2.75, 3.05) is 0 Å². The number of rotatable bonds is 2. The van der Waals surface area contributed by atoms with Crippen molar-refractivity contribution in [2.45, 2.75) is 12.3 Å². The third kappa shape index (κ3) is 3.12. The van der Waals surface area contributed by atoms with Crippen molar-refractivity contribution in [3.05, 3.63) is 168 Å². The summed E-state index contributed by atoms with van der Waals surface area (Å²) in [6.07, 6.45) is 0. The number of hydrogen-bond donors (Lipinski definition) is 0. The summed E-state index contributed by atoms with van der Waals surface area (Å²) in [6.45, 7) is 2.43. The summed E-state index contributed by atoms with van der Waals surface area (Å²) in [4.78, 5) is 0. The lowest BCUT2D eigenvalue weighted by Gasteiger charge is -2.29. The van der Waals surface area contributed by atoms with Crippen LogP contribution in [-0.4, -0.2) is 0 Å². The highest BCUT2D eigenvalue weighted by molar-refractivity contribution is 6.25. The Kier molecular flexibility index (Phi) is 4.67. The molecule has 0 N–H and O–H groups in total. The van der Waals surface area contributed by atoms with Crippen LogP contribution in [0.15, 0.2) is 152 Å². The molecule has 0 heterocycles. The van der Waals surface area contributed by atoms with Crippen LogP contribution in [0.1, 0.15) is 23.6 Å². The van der Waals surface area contributed by atoms with E-state index in [1.165, 1.54) is 92.8 Å². The van der Waals surface area contributed by atoms with E-state index < -0.39 is 0 Å². The second-order valence-electron chi connectivity index (χ2n) is 12.7. The zero-order chi connectivity index (χ0) is 29.0. The van der Waals surface area contributed by atoms with E-state index in [4.69, 9.17) is 0 Å². The Morgan fingerprint density at radius 3 is 1.73 bits per heavy atom. The molecule has 0 fully saturated rings. The van der Waals surface area contributed by atoms with Crippen molar-refractivity contribution in [3.63, 3.8) is 0 Å². The summed E-state index contributed by atoms with van der Waals surface area (Å²) < 4.78 is 0. The van der Waals surface area contributed by atoms with Crippen LogP contribution < -0.4 is 0 Å². The van der Waals surface area contributed by atoms with Gasteiger partial charge in [0.05, 0.1) is 0 Å². The highest BCUT2D eigenvalue weighted by Gasteiger charge is 2.41. The van der Waals surface area contributed by atoms with Gasteiger partial charge in [0.15, 0.2) is 0 Å². The Labute approximate surface area is 256 Å². The molecule has 0 aliphatic heterocycles. The quantitative estimate of drug-likeness (QED) is 0.186. The predicted molar refractivity (Wildman–Crippen MR) is 188 cm³/mol. The zero-order valence-electron chi connectivity index (χ0n) is 24.4. The Morgan fingerprint density at radius 2 is 0.932 bits per heavy atom. The smallest absolute Gasteiger partial charge is 0.0436 e. The van der Waals surface area contributed by atoms with Crippen molar-refractivity contribution in [1.82, 2.24) is 0 Å². The summed E-state index contributed by atoms with van der Waals surface area (Å²) in [5, 5.41) is 13.1. The van der Waals surface area contributed by atoms with Gasteiger partial charge in [-0.05, 0) is 124 Å².